The number of benzene rings is 1. The maximum Gasteiger partial charge on any atom is 0.408 e. The Morgan fingerprint density at radius 1 is 1.21 bits per heavy atom. The summed E-state index contributed by atoms with van der Waals surface area (Å²) >= 11 is 0. The van der Waals surface area contributed by atoms with Crippen molar-refractivity contribution in [3.63, 3.8) is 0 Å². The van der Waals surface area contributed by atoms with E-state index < -0.39 is 60.4 Å². The fourth-order valence-electron chi connectivity index (χ4n) is 3.36. The number of carbonyl (C=O) groups is 5. The zero-order valence-corrected chi connectivity index (χ0v) is 22.2. The number of primary amides is 1. The van der Waals surface area contributed by atoms with E-state index in [4.69, 9.17) is 15.2 Å². The lowest BCUT2D eigenvalue weighted by Crippen LogP contribution is -2.54. The van der Waals surface area contributed by atoms with Crippen LogP contribution in [0.5, 0.6) is 5.75 Å². The van der Waals surface area contributed by atoms with Crippen LogP contribution in [0.4, 0.5) is 4.79 Å². The summed E-state index contributed by atoms with van der Waals surface area (Å²) in [6, 6.07) is 2.99. The molecule has 2 unspecified atom stereocenters. The Labute approximate surface area is 221 Å². The van der Waals surface area contributed by atoms with Crippen molar-refractivity contribution in [2.75, 3.05) is 19.7 Å². The van der Waals surface area contributed by atoms with Crippen LogP contribution in [-0.4, -0.2) is 71.1 Å². The topological polar surface area (TPSA) is 201 Å². The van der Waals surface area contributed by atoms with Gasteiger partial charge in [-0.05, 0) is 57.9 Å². The minimum absolute atomic E-state index is 0.0634. The van der Waals surface area contributed by atoms with E-state index in [1.54, 1.807) is 34.6 Å². The standard InChI is InChI=1S/C25H35N5O8/c1-6-37-20(33)9-11-28-22(34)21(16-7-8-18(31)15(2)13-16)30(12-10-26)23(35)17(14-19(27)32)29-24(36)38-25(3,4)5/h7-8,13,17,21,31H,6,9,11-12,14H2,1-5H3,(H2,27,32)(H,28,34)(H,29,36). The molecule has 0 spiro atoms. The number of hydrogen-bond acceptors (Lipinski definition) is 9. The van der Waals surface area contributed by atoms with Crippen LogP contribution in [-0.2, 0) is 28.7 Å². The van der Waals surface area contributed by atoms with E-state index >= 15 is 0 Å². The van der Waals surface area contributed by atoms with Crippen LogP contribution < -0.4 is 16.4 Å². The number of carbonyl (C=O) groups excluding carboxylic acids is 5. The number of phenols is 1. The van der Waals surface area contributed by atoms with Crippen molar-refractivity contribution in [2.24, 2.45) is 5.73 Å². The third-order valence-corrected chi connectivity index (χ3v) is 4.95. The molecule has 0 aliphatic heterocycles. The molecule has 0 heterocycles. The van der Waals surface area contributed by atoms with Crippen molar-refractivity contribution >= 4 is 29.8 Å². The number of hydrogen-bond donors (Lipinski definition) is 4. The summed E-state index contributed by atoms with van der Waals surface area (Å²) in [5, 5.41) is 24.3. The molecule has 1 aromatic carbocycles. The van der Waals surface area contributed by atoms with Gasteiger partial charge in [0.25, 0.3) is 0 Å². The molecule has 0 saturated carbocycles. The highest BCUT2D eigenvalue weighted by atomic mass is 16.6. The van der Waals surface area contributed by atoms with Crippen LogP contribution in [0.1, 0.15) is 57.7 Å². The second-order valence-corrected chi connectivity index (χ2v) is 9.29. The highest BCUT2D eigenvalue weighted by Crippen LogP contribution is 2.27. The van der Waals surface area contributed by atoms with Gasteiger partial charge < -0.3 is 35.8 Å². The number of amides is 4. The lowest BCUT2D eigenvalue weighted by atomic mass is 10.00. The van der Waals surface area contributed by atoms with E-state index in [0.29, 0.717) is 5.56 Å². The highest BCUT2D eigenvalue weighted by molar-refractivity contribution is 5.94. The number of nitrogens with two attached hydrogens (primary N) is 1. The number of phenolic OH excluding ortho intramolecular Hbond substituents is 1. The molecule has 0 fully saturated rings. The molecule has 0 radical (unpaired) electrons. The zero-order chi connectivity index (χ0) is 29.0. The largest absolute Gasteiger partial charge is 0.508 e. The monoisotopic (exact) mass is 533 g/mol. The lowest BCUT2D eigenvalue weighted by molar-refractivity contribution is -0.144. The number of nitrogens with zero attached hydrogens (tertiary/aromatic N) is 2. The molecule has 0 saturated heterocycles. The summed E-state index contributed by atoms with van der Waals surface area (Å²) in [5.41, 5.74) is 4.99. The maximum absolute atomic E-state index is 13.6. The van der Waals surface area contributed by atoms with Crippen molar-refractivity contribution in [2.45, 2.75) is 65.1 Å². The molecule has 208 valence electrons. The molecule has 0 aromatic heterocycles. The van der Waals surface area contributed by atoms with Crippen molar-refractivity contribution in [3.8, 4) is 11.8 Å². The first-order chi connectivity index (χ1) is 17.7. The van der Waals surface area contributed by atoms with Gasteiger partial charge in [-0.3, -0.25) is 19.2 Å². The Morgan fingerprint density at radius 3 is 2.39 bits per heavy atom. The molecule has 0 aliphatic rings. The summed E-state index contributed by atoms with van der Waals surface area (Å²) in [6.07, 6.45) is -1.78. The van der Waals surface area contributed by atoms with Crippen LogP contribution in [0, 0.1) is 18.3 Å². The lowest BCUT2D eigenvalue weighted by Gasteiger charge is -2.32. The molecule has 1 rings (SSSR count). The second kappa shape index (κ2) is 14.4. The van der Waals surface area contributed by atoms with Crippen molar-refractivity contribution in [3.05, 3.63) is 29.3 Å². The number of rotatable bonds is 12. The van der Waals surface area contributed by atoms with Crippen molar-refractivity contribution in [1.82, 2.24) is 15.5 Å². The van der Waals surface area contributed by atoms with Gasteiger partial charge in [0.2, 0.25) is 17.7 Å². The van der Waals surface area contributed by atoms with E-state index in [-0.39, 0.29) is 30.9 Å². The summed E-state index contributed by atoms with van der Waals surface area (Å²) in [5.74, 6) is -3.23. The number of ether oxygens (including phenoxy) is 2. The van der Waals surface area contributed by atoms with E-state index in [9.17, 15) is 34.3 Å². The summed E-state index contributed by atoms with van der Waals surface area (Å²) in [6.45, 7) is 7.44. The molecule has 1 aromatic rings. The van der Waals surface area contributed by atoms with Crippen LogP contribution >= 0.6 is 0 Å². The molecule has 13 heteroatoms. The molecule has 2 atom stereocenters. The molecule has 4 amide bonds. The van der Waals surface area contributed by atoms with Gasteiger partial charge in [-0.2, -0.15) is 5.26 Å². The van der Waals surface area contributed by atoms with E-state index in [0.717, 1.165) is 4.90 Å². The fourth-order valence-corrected chi connectivity index (χ4v) is 3.36. The summed E-state index contributed by atoms with van der Waals surface area (Å²) in [7, 11) is 0. The Bertz CT molecular complexity index is 1080. The van der Waals surface area contributed by atoms with Crippen LogP contribution in [0.2, 0.25) is 0 Å². The van der Waals surface area contributed by atoms with Gasteiger partial charge in [0, 0.05) is 6.54 Å². The summed E-state index contributed by atoms with van der Waals surface area (Å²) < 4.78 is 10.0. The number of nitriles is 1. The van der Waals surface area contributed by atoms with Crippen LogP contribution in [0.25, 0.3) is 0 Å². The number of nitrogens with one attached hydrogen (secondary N) is 2. The minimum atomic E-state index is -1.55. The molecule has 5 N–H and O–H groups in total. The average molecular weight is 534 g/mol. The third kappa shape index (κ3) is 10.3. The Hall–Kier alpha value is -4.34. The number of alkyl carbamates (subject to hydrolysis) is 1. The highest BCUT2D eigenvalue weighted by Gasteiger charge is 2.37. The van der Waals surface area contributed by atoms with Gasteiger partial charge in [-0.1, -0.05) is 6.07 Å². The number of aryl methyl sites for hydroxylation is 1. The minimum Gasteiger partial charge on any atom is -0.508 e. The van der Waals surface area contributed by atoms with Gasteiger partial charge in [-0.15, -0.1) is 0 Å². The molecule has 38 heavy (non-hydrogen) atoms. The van der Waals surface area contributed by atoms with Gasteiger partial charge in [-0.25, -0.2) is 4.79 Å². The van der Waals surface area contributed by atoms with Crippen LogP contribution in [0.3, 0.4) is 0 Å². The van der Waals surface area contributed by atoms with Crippen molar-refractivity contribution < 1.29 is 38.6 Å². The molecule has 0 bridgehead atoms. The third-order valence-electron chi connectivity index (χ3n) is 4.95. The van der Waals surface area contributed by atoms with Gasteiger partial charge >= 0.3 is 12.1 Å². The first-order valence-corrected chi connectivity index (χ1v) is 11.9. The smallest absolute Gasteiger partial charge is 0.408 e. The quantitative estimate of drug-likeness (QED) is 0.223. The first-order valence-electron chi connectivity index (χ1n) is 11.9. The zero-order valence-electron chi connectivity index (χ0n) is 22.2. The van der Waals surface area contributed by atoms with Gasteiger partial charge in [0.1, 0.15) is 30.0 Å². The predicted molar refractivity (Wildman–Crippen MR) is 134 cm³/mol. The molecule has 0 aliphatic carbocycles. The van der Waals surface area contributed by atoms with Gasteiger partial charge in [0.05, 0.1) is 25.5 Å². The SMILES string of the molecule is CCOC(=O)CCNC(=O)C(c1ccc(O)c(C)c1)N(CC#N)C(=O)C(CC(N)=O)NC(=O)OC(C)(C)C. The molecule has 13 nitrogen and oxygen atoms in total. The van der Waals surface area contributed by atoms with E-state index in [1.807, 2.05) is 6.07 Å². The number of esters is 1. The number of aromatic hydroxyl groups is 1. The Kier molecular flexibility index (Phi) is 12.0. The molecular weight excluding hydrogens is 498 g/mol. The fraction of sp³-hybridized carbons (Fsp3) is 0.520. The summed E-state index contributed by atoms with van der Waals surface area (Å²) in [4.78, 5) is 63.6. The normalized spacial score (nSPS) is 12.3. The van der Waals surface area contributed by atoms with Crippen LogP contribution in [0.15, 0.2) is 18.2 Å². The maximum atomic E-state index is 13.6. The van der Waals surface area contributed by atoms with E-state index in [2.05, 4.69) is 10.6 Å². The van der Waals surface area contributed by atoms with E-state index in [1.165, 1.54) is 18.2 Å². The Balaban J connectivity index is 3.43. The van der Waals surface area contributed by atoms with Crippen molar-refractivity contribution in [1.29, 1.82) is 5.26 Å². The van der Waals surface area contributed by atoms with Gasteiger partial charge in [0.15, 0.2) is 0 Å². The molecular formula is C25H35N5O8. The second-order valence-electron chi connectivity index (χ2n) is 9.29. The first kappa shape index (κ1) is 31.7. The average Bonchev–Trinajstić information content (AvgIpc) is 2.78. The Morgan fingerprint density at radius 2 is 1.87 bits per heavy atom. The predicted octanol–water partition coefficient (Wildman–Crippen LogP) is 0.932.